The van der Waals surface area contributed by atoms with Crippen LogP contribution in [0.15, 0.2) is 40.9 Å². The van der Waals surface area contributed by atoms with Gasteiger partial charge in [-0.3, -0.25) is 9.69 Å². The Labute approximate surface area is 216 Å². The average molecular weight is 538 g/mol. The number of piperidine rings is 1. The number of carbonyl (C=O) groups excluding carboxylic acids is 2. The maximum Gasteiger partial charge on any atom is 0.410 e. The first kappa shape index (κ1) is 25.2. The van der Waals surface area contributed by atoms with Gasteiger partial charge in [0.1, 0.15) is 11.7 Å². The highest BCUT2D eigenvalue weighted by Gasteiger charge is 2.47. The molecule has 0 N–H and O–H groups in total. The van der Waals surface area contributed by atoms with Crippen molar-refractivity contribution in [2.75, 3.05) is 18.0 Å². The van der Waals surface area contributed by atoms with Crippen molar-refractivity contribution in [1.82, 2.24) is 4.90 Å². The molecule has 0 radical (unpaired) electrons. The highest BCUT2D eigenvalue weighted by molar-refractivity contribution is 9.10. The van der Waals surface area contributed by atoms with Crippen molar-refractivity contribution in [3.63, 3.8) is 0 Å². The average Bonchev–Trinajstić information content (AvgIpc) is 3.04. The molecular weight excluding hydrogens is 506 g/mol. The lowest BCUT2D eigenvalue weighted by atomic mass is 9.79. The number of rotatable bonds is 3. The first-order valence-corrected chi connectivity index (χ1v) is 12.9. The molecular formula is C28H32BrN3O3. The first-order valence-electron chi connectivity index (χ1n) is 12.2. The number of benzene rings is 2. The molecule has 2 heterocycles. The van der Waals surface area contributed by atoms with Crippen LogP contribution in [0.5, 0.6) is 0 Å². The van der Waals surface area contributed by atoms with E-state index in [4.69, 9.17) is 4.74 Å². The lowest BCUT2D eigenvalue weighted by molar-refractivity contribution is -0.122. The van der Waals surface area contributed by atoms with E-state index in [1.165, 1.54) is 5.56 Å². The van der Waals surface area contributed by atoms with Crippen molar-refractivity contribution in [2.24, 2.45) is 0 Å². The van der Waals surface area contributed by atoms with Crippen molar-refractivity contribution in [3.8, 4) is 6.07 Å². The Balaban J connectivity index is 1.63. The van der Waals surface area contributed by atoms with Crippen LogP contribution in [-0.2, 0) is 14.9 Å². The second-order valence-corrected chi connectivity index (χ2v) is 11.4. The van der Waals surface area contributed by atoms with Crippen molar-refractivity contribution < 1.29 is 14.3 Å². The summed E-state index contributed by atoms with van der Waals surface area (Å²) in [6, 6.07) is 14.0. The van der Waals surface area contributed by atoms with Gasteiger partial charge in [-0.05, 0) is 98.1 Å². The Morgan fingerprint density at radius 3 is 2.49 bits per heavy atom. The SMILES string of the molecule is CCC1(C)C(=O)N(c2cccc(Br)c2C#N)c2ccc(C3CCN(C(=O)OC(C)(C)C)CC3)cc21. The highest BCUT2D eigenvalue weighted by Crippen LogP contribution is 2.49. The molecule has 2 aliphatic heterocycles. The summed E-state index contributed by atoms with van der Waals surface area (Å²) in [7, 11) is 0. The van der Waals surface area contributed by atoms with E-state index in [2.05, 4.69) is 34.1 Å². The van der Waals surface area contributed by atoms with E-state index in [-0.39, 0.29) is 12.0 Å². The number of fused-ring (bicyclic) bond motifs is 1. The normalized spacial score (nSPS) is 20.5. The minimum absolute atomic E-state index is 0.0125. The second-order valence-electron chi connectivity index (χ2n) is 10.6. The number of hydrogen-bond acceptors (Lipinski definition) is 4. The first-order chi connectivity index (χ1) is 16.5. The molecule has 0 aliphatic carbocycles. The van der Waals surface area contributed by atoms with Gasteiger partial charge in [-0.15, -0.1) is 0 Å². The fourth-order valence-corrected chi connectivity index (χ4v) is 5.47. The molecule has 0 spiro atoms. The zero-order valence-electron chi connectivity index (χ0n) is 21.0. The second kappa shape index (κ2) is 9.31. The van der Waals surface area contributed by atoms with Gasteiger partial charge in [0.05, 0.1) is 22.4 Å². The van der Waals surface area contributed by atoms with Gasteiger partial charge in [0.2, 0.25) is 5.91 Å². The predicted molar refractivity (Wildman–Crippen MR) is 140 cm³/mol. The number of amides is 2. The maximum atomic E-state index is 13.8. The van der Waals surface area contributed by atoms with E-state index >= 15 is 0 Å². The van der Waals surface area contributed by atoms with Crippen LogP contribution in [0.4, 0.5) is 16.2 Å². The Hall–Kier alpha value is -2.85. The molecule has 1 unspecified atom stereocenters. The summed E-state index contributed by atoms with van der Waals surface area (Å²) in [5.41, 5.74) is 2.91. The number of hydrogen-bond donors (Lipinski definition) is 0. The van der Waals surface area contributed by atoms with Crippen LogP contribution >= 0.6 is 15.9 Å². The van der Waals surface area contributed by atoms with Crippen LogP contribution in [0.2, 0.25) is 0 Å². The molecule has 35 heavy (non-hydrogen) atoms. The standard InChI is InChI=1S/C28H32BrN3O3/c1-6-28(5)21-16-19(18-12-14-31(15-13-18)26(34)35-27(2,3)4)10-11-24(21)32(25(28)33)23-9-7-8-22(29)20(23)17-30/h7-11,16,18H,6,12-15H2,1-5H3. The van der Waals surface area contributed by atoms with Crippen LogP contribution < -0.4 is 4.90 Å². The molecule has 1 fully saturated rings. The smallest absolute Gasteiger partial charge is 0.410 e. The minimum Gasteiger partial charge on any atom is -0.444 e. The van der Waals surface area contributed by atoms with E-state index in [1.54, 1.807) is 9.80 Å². The van der Waals surface area contributed by atoms with Crippen LogP contribution in [0.1, 0.15) is 76.5 Å². The molecule has 0 bridgehead atoms. The highest BCUT2D eigenvalue weighted by atomic mass is 79.9. The van der Waals surface area contributed by atoms with Crippen molar-refractivity contribution in [3.05, 3.63) is 57.6 Å². The van der Waals surface area contributed by atoms with Crippen LogP contribution in [0, 0.1) is 11.3 Å². The fourth-order valence-electron chi connectivity index (χ4n) is 5.03. The quantitative estimate of drug-likeness (QED) is 0.432. The monoisotopic (exact) mass is 537 g/mol. The van der Waals surface area contributed by atoms with Gasteiger partial charge in [0, 0.05) is 17.6 Å². The Bertz CT molecular complexity index is 1200. The minimum atomic E-state index is -0.669. The largest absolute Gasteiger partial charge is 0.444 e. The molecule has 1 atom stereocenters. The van der Waals surface area contributed by atoms with E-state index in [9.17, 15) is 14.9 Å². The summed E-state index contributed by atoms with van der Waals surface area (Å²) in [6.07, 6.45) is 2.10. The molecule has 0 saturated carbocycles. The number of nitrogens with zero attached hydrogens (tertiary/aromatic N) is 3. The number of anilines is 2. The zero-order valence-corrected chi connectivity index (χ0v) is 22.6. The lowest BCUT2D eigenvalue weighted by Crippen LogP contribution is -2.41. The van der Waals surface area contributed by atoms with Crippen molar-refractivity contribution in [1.29, 1.82) is 5.26 Å². The molecule has 2 aliphatic rings. The molecule has 0 aromatic heterocycles. The van der Waals surface area contributed by atoms with Crippen LogP contribution in [0.25, 0.3) is 0 Å². The molecule has 7 heteroatoms. The number of ether oxygens (including phenoxy) is 1. The summed E-state index contributed by atoms with van der Waals surface area (Å²) in [4.78, 5) is 29.7. The topological polar surface area (TPSA) is 73.6 Å². The van der Waals surface area contributed by atoms with Crippen LogP contribution in [-0.4, -0.2) is 35.6 Å². The summed E-state index contributed by atoms with van der Waals surface area (Å²) < 4.78 is 6.20. The summed E-state index contributed by atoms with van der Waals surface area (Å²) in [5.74, 6) is 0.297. The summed E-state index contributed by atoms with van der Waals surface area (Å²) in [5, 5.41) is 9.76. The van der Waals surface area contributed by atoms with Gasteiger partial charge in [0.25, 0.3) is 0 Å². The predicted octanol–water partition coefficient (Wildman–Crippen LogP) is 6.78. The van der Waals surface area contributed by atoms with Gasteiger partial charge in [-0.25, -0.2) is 4.79 Å². The van der Waals surface area contributed by atoms with Crippen molar-refractivity contribution >= 4 is 39.3 Å². The fraction of sp³-hybridized carbons (Fsp3) is 0.464. The number of nitriles is 1. The van der Waals surface area contributed by atoms with Gasteiger partial charge >= 0.3 is 6.09 Å². The number of likely N-dealkylation sites (tertiary alicyclic amines) is 1. The lowest BCUT2D eigenvalue weighted by Gasteiger charge is -2.34. The molecule has 1 saturated heterocycles. The molecule has 2 aromatic rings. The third-order valence-electron chi connectivity index (χ3n) is 7.20. The van der Waals surface area contributed by atoms with E-state index in [0.717, 1.165) is 24.1 Å². The molecule has 184 valence electrons. The third-order valence-corrected chi connectivity index (χ3v) is 7.86. The Morgan fingerprint density at radius 2 is 1.89 bits per heavy atom. The van der Waals surface area contributed by atoms with Crippen LogP contribution in [0.3, 0.4) is 0 Å². The molecule has 4 rings (SSSR count). The van der Waals surface area contributed by atoms with E-state index < -0.39 is 11.0 Å². The Morgan fingerprint density at radius 1 is 1.20 bits per heavy atom. The van der Waals surface area contributed by atoms with Gasteiger partial charge in [0.15, 0.2) is 0 Å². The maximum absolute atomic E-state index is 13.8. The third kappa shape index (κ3) is 4.56. The van der Waals surface area contributed by atoms with E-state index in [0.29, 0.717) is 41.2 Å². The van der Waals surface area contributed by atoms with Gasteiger partial charge in [-0.1, -0.05) is 25.1 Å². The number of carbonyl (C=O) groups is 2. The summed E-state index contributed by atoms with van der Waals surface area (Å²) in [6.45, 7) is 11.0. The molecule has 2 amide bonds. The van der Waals surface area contributed by atoms with Gasteiger partial charge < -0.3 is 9.64 Å². The van der Waals surface area contributed by atoms with Gasteiger partial charge in [-0.2, -0.15) is 5.26 Å². The van der Waals surface area contributed by atoms with Crippen molar-refractivity contribution in [2.45, 2.75) is 70.8 Å². The summed E-state index contributed by atoms with van der Waals surface area (Å²) >= 11 is 3.46. The molecule has 6 nitrogen and oxygen atoms in total. The zero-order chi connectivity index (χ0) is 25.5. The molecule has 2 aromatic carbocycles. The Kier molecular flexibility index (Phi) is 6.72. The number of halogens is 1. The van der Waals surface area contributed by atoms with E-state index in [1.807, 2.05) is 58.9 Å².